The fraction of sp³-hybridized carbons (Fsp3) is 0.0625. The van der Waals surface area contributed by atoms with Crippen LogP contribution in [0.4, 0.5) is 0 Å². The Balaban J connectivity index is 2.09. The summed E-state index contributed by atoms with van der Waals surface area (Å²) in [5.41, 5.74) is 3.77. The van der Waals surface area contributed by atoms with Crippen molar-refractivity contribution in [3.63, 3.8) is 0 Å². The summed E-state index contributed by atoms with van der Waals surface area (Å²) >= 11 is 0. The van der Waals surface area contributed by atoms with E-state index in [0.29, 0.717) is 0 Å². The van der Waals surface area contributed by atoms with Crippen molar-refractivity contribution in [3.8, 4) is 22.9 Å². The van der Waals surface area contributed by atoms with Gasteiger partial charge in [-0.1, -0.05) is 0 Å². The number of aromatic amines is 1. The summed E-state index contributed by atoms with van der Waals surface area (Å²) < 4.78 is 11.0. The van der Waals surface area contributed by atoms with Gasteiger partial charge in [0, 0.05) is 17.1 Å². The number of H-pyrrole nitrogens is 1. The number of aromatic nitrogens is 2. The number of rotatable bonds is 2. The van der Waals surface area contributed by atoms with Gasteiger partial charge in [-0.3, -0.25) is 0 Å². The molecule has 0 aliphatic rings. The maximum Gasteiger partial charge on any atom is 0.152 e. The standard InChI is InChI=1S/C16H12N2O2/c1-10-14-11(6-7-17-14)16(13-5-3-9-20-13)18-15(10)12-4-2-8-19-12/h2-9,17H,1H3. The zero-order valence-electron chi connectivity index (χ0n) is 10.9. The van der Waals surface area contributed by atoms with E-state index in [4.69, 9.17) is 13.8 Å². The Labute approximate surface area is 115 Å². The zero-order valence-corrected chi connectivity index (χ0v) is 10.9. The molecule has 4 aromatic rings. The molecule has 98 valence electrons. The van der Waals surface area contributed by atoms with Gasteiger partial charge in [-0.15, -0.1) is 0 Å². The smallest absolute Gasteiger partial charge is 0.152 e. The molecule has 0 amide bonds. The van der Waals surface area contributed by atoms with Crippen LogP contribution in [-0.4, -0.2) is 9.97 Å². The summed E-state index contributed by atoms with van der Waals surface area (Å²) in [5.74, 6) is 1.51. The van der Waals surface area contributed by atoms with Crippen molar-refractivity contribution < 1.29 is 8.83 Å². The van der Waals surface area contributed by atoms with Crippen LogP contribution in [0.2, 0.25) is 0 Å². The molecule has 0 bridgehead atoms. The second-order valence-corrected chi connectivity index (χ2v) is 4.65. The number of nitrogens with zero attached hydrogens (tertiary/aromatic N) is 1. The number of furan rings is 2. The first kappa shape index (κ1) is 11.1. The highest BCUT2D eigenvalue weighted by molar-refractivity contribution is 5.96. The van der Waals surface area contributed by atoms with Gasteiger partial charge in [-0.25, -0.2) is 4.98 Å². The van der Waals surface area contributed by atoms with E-state index in [1.54, 1.807) is 12.5 Å². The molecule has 1 N–H and O–H groups in total. The van der Waals surface area contributed by atoms with Crippen molar-refractivity contribution in [3.05, 3.63) is 54.6 Å². The van der Waals surface area contributed by atoms with Gasteiger partial charge >= 0.3 is 0 Å². The Morgan fingerprint density at radius 1 is 0.950 bits per heavy atom. The van der Waals surface area contributed by atoms with Gasteiger partial charge in [0.05, 0.1) is 18.0 Å². The predicted molar refractivity (Wildman–Crippen MR) is 76.2 cm³/mol. The predicted octanol–water partition coefficient (Wildman–Crippen LogP) is 4.39. The Kier molecular flexibility index (Phi) is 2.29. The van der Waals surface area contributed by atoms with Crippen molar-refractivity contribution in [1.82, 2.24) is 9.97 Å². The molecule has 4 nitrogen and oxygen atoms in total. The molecule has 0 spiro atoms. The van der Waals surface area contributed by atoms with E-state index in [1.807, 2.05) is 43.5 Å². The molecule has 0 saturated carbocycles. The van der Waals surface area contributed by atoms with Gasteiger partial charge in [0.25, 0.3) is 0 Å². The molecule has 0 unspecified atom stereocenters. The van der Waals surface area contributed by atoms with Crippen LogP contribution in [0.25, 0.3) is 33.8 Å². The number of fused-ring (bicyclic) bond motifs is 1. The summed E-state index contributed by atoms with van der Waals surface area (Å²) in [6.45, 7) is 2.04. The number of pyridine rings is 1. The summed E-state index contributed by atoms with van der Waals surface area (Å²) in [7, 11) is 0. The molecule has 4 heterocycles. The summed E-state index contributed by atoms with van der Waals surface area (Å²) in [6.07, 6.45) is 5.22. The molecule has 0 aromatic carbocycles. The summed E-state index contributed by atoms with van der Waals surface area (Å²) in [6, 6.07) is 9.56. The fourth-order valence-corrected chi connectivity index (χ4v) is 2.51. The Morgan fingerprint density at radius 2 is 1.65 bits per heavy atom. The zero-order chi connectivity index (χ0) is 13.5. The Bertz CT molecular complexity index is 856. The molecule has 4 heteroatoms. The van der Waals surface area contributed by atoms with Crippen molar-refractivity contribution >= 4 is 10.9 Å². The first-order valence-electron chi connectivity index (χ1n) is 6.40. The number of aryl methyl sites for hydroxylation is 1. The van der Waals surface area contributed by atoms with Crippen LogP contribution >= 0.6 is 0 Å². The lowest BCUT2D eigenvalue weighted by Gasteiger charge is -2.07. The third-order valence-corrected chi connectivity index (χ3v) is 3.47. The number of hydrogen-bond donors (Lipinski definition) is 1. The van der Waals surface area contributed by atoms with Crippen LogP contribution in [0, 0.1) is 6.92 Å². The van der Waals surface area contributed by atoms with Gasteiger partial charge < -0.3 is 13.8 Å². The molecule has 4 rings (SSSR count). The van der Waals surface area contributed by atoms with E-state index >= 15 is 0 Å². The Morgan fingerprint density at radius 3 is 2.30 bits per heavy atom. The quantitative estimate of drug-likeness (QED) is 0.584. The van der Waals surface area contributed by atoms with Gasteiger partial charge in [0.2, 0.25) is 0 Å². The van der Waals surface area contributed by atoms with Crippen LogP contribution in [0.15, 0.2) is 57.9 Å². The normalized spacial score (nSPS) is 11.2. The SMILES string of the molecule is Cc1c(-c2ccco2)nc(-c2ccco2)c2cc[nH]c12. The van der Waals surface area contributed by atoms with Gasteiger partial charge in [-0.2, -0.15) is 0 Å². The lowest BCUT2D eigenvalue weighted by Crippen LogP contribution is -1.92. The molecule has 4 aromatic heterocycles. The molecule has 0 radical (unpaired) electrons. The molecule has 0 aliphatic heterocycles. The molecule has 0 fully saturated rings. The highest BCUT2D eigenvalue weighted by Gasteiger charge is 2.17. The summed E-state index contributed by atoms with van der Waals surface area (Å²) in [5, 5.41) is 1.05. The Hall–Kier alpha value is -2.75. The van der Waals surface area contributed by atoms with E-state index in [1.165, 1.54) is 0 Å². The van der Waals surface area contributed by atoms with Crippen LogP contribution in [0.3, 0.4) is 0 Å². The minimum Gasteiger partial charge on any atom is -0.463 e. The maximum atomic E-state index is 5.50. The molecule has 0 saturated heterocycles. The second kappa shape index (κ2) is 4.13. The summed E-state index contributed by atoms with van der Waals surface area (Å²) in [4.78, 5) is 8.02. The number of nitrogens with one attached hydrogen (secondary N) is 1. The minimum atomic E-state index is 0.752. The highest BCUT2D eigenvalue weighted by atomic mass is 16.3. The van der Waals surface area contributed by atoms with Crippen molar-refractivity contribution in [2.75, 3.05) is 0 Å². The van der Waals surface area contributed by atoms with E-state index in [2.05, 4.69) is 4.98 Å². The molecule has 0 aliphatic carbocycles. The molecule has 20 heavy (non-hydrogen) atoms. The molecular weight excluding hydrogens is 252 g/mol. The van der Waals surface area contributed by atoms with E-state index in [0.717, 1.165) is 39.4 Å². The van der Waals surface area contributed by atoms with Crippen molar-refractivity contribution in [1.29, 1.82) is 0 Å². The van der Waals surface area contributed by atoms with Gasteiger partial charge in [-0.05, 0) is 37.3 Å². The third-order valence-electron chi connectivity index (χ3n) is 3.47. The largest absolute Gasteiger partial charge is 0.463 e. The van der Waals surface area contributed by atoms with E-state index in [-0.39, 0.29) is 0 Å². The van der Waals surface area contributed by atoms with E-state index in [9.17, 15) is 0 Å². The minimum absolute atomic E-state index is 0.752. The first-order chi connectivity index (χ1) is 9.84. The van der Waals surface area contributed by atoms with Crippen LogP contribution in [0.1, 0.15) is 5.56 Å². The lowest BCUT2D eigenvalue weighted by molar-refractivity contribution is 0.576. The van der Waals surface area contributed by atoms with Crippen molar-refractivity contribution in [2.45, 2.75) is 6.92 Å². The third kappa shape index (κ3) is 1.51. The van der Waals surface area contributed by atoms with Crippen LogP contribution in [-0.2, 0) is 0 Å². The van der Waals surface area contributed by atoms with Crippen LogP contribution in [0.5, 0.6) is 0 Å². The van der Waals surface area contributed by atoms with Gasteiger partial charge in [0.15, 0.2) is 11.5 Å². The maximum absolute atomic E-state index is 5.50. The van der Waals surface area contributed by atoms with Crippen molar-refractivity contribution in [2.24, 2.45) is 0 Å². The van der Waals surface area contributed by atoms with E-state index < -0.39 is 0 Å². The first-order valence-corrected chi connectivity index (χ1v) is 6.40. The fourth-order valence-electron chi connectivity index (χ4n) is 2.51. The topological polar surface area (TPSA) is 55.0 Å². The second-order valence-electron chi connectivity index (χ2n) is 4.65. The monoisotopic (exact) mass is 264 g/mol. The molecular formula is C16H12N2O2. The highest BCUT2D eigenvalue weighted by Crippen LogP contribution is 2.34. The van der Waals surface area contributed by atoms with Crippen LogP contribution < -0.4 is 0 Å². The number of hydrogen-bond acceptors (Lipinski definition) is 3. The van der Waals surface area contributed by atoms with Gasteiger partial charge in [0.1, 0.15) is 11.4 Å². The molecule has 0 atom stereocenters. The lowest BCUT2D eigenvalue weighted by atomic mass is 10.1. The average molecular weight is 264 g/mol. The average Bonchev–Trinajstić information content (AvgIpc) is 3.22.